The summed E-state index contributed by atoms with van der Waals surface area (Å²) in [6.45, 7) is 8.49. The average Bonchev–Trinajstić information content (AvgIpc) is 3.19. The zero-order valence-corrected chi connectivity index (χ0v) is 16.8. The fraction of sp³-hybridized carbons (Fsp3) is 0.368. The van der Waals surface area contributed by atoms with E-state index in [1.165, 1.54) is 12.1 Å². The summed E-state index contributed by atoms with van der Waals surface area (Å²) in [5, 5.41) is 7.00. The molecule has 3 rings (SSSR count). The maximum absolute atomic E-state index is 12.4. The molecule has 9 heteroatoms. The summed E-state index contributed by atoms with van der Waals surface area (Å²) in [6, 6.07) is 7.68. The monoisotopic (exact) mass is 405 g/mol. The van der Waals surface area contributed by atoms with Gasteiger partial charge in [-0.05, 0) is 31.5 Å². The predicted molar refractivity (Wildman–Crippen MR) is 104 cm³/mol. The summed E-state index contributed by atoms with van der Waals surface area (Å²) >= 11 is 0. The number of nitrogens with zero attached hydrogens (tertiary/aromatic N) is 2. The van der Waals surface area contributed by atoms with Crippen LogP contribution in [-0.4, -0.2) is 48.9 Å². The van der Waals surface area contributed by atoms with Crippen molar-refractivity contribution in [1.29, 1.82) is 0 Å². The molecule has 1 fully saturated rings. The smallest absolute Gasteiger partial charge is 0.256 e. The molecule has 1 N–H and O–H groups in total. The first-order valence-corrected chi connectivity index (χ1v) is 10.6. The third-order valence-electron chi connectivity index (χ3n) is 4.25. The maximum Gasteiger partial charge on any atom is 0.256 e. The van der Waals surface area contributed by atoms with Crippen molar-refractivity contribution >= 4 is 27.1 Å². The number of sulfone groups is 1. The van der Waals surface area contributed by atoms with Crippen LogP contribution < -0.4 is 5.32 Å². The second kappa shape index (κ2) is 7.50. The largest absolute Gasteiger partial charge is 0.348 e. The topological polar surface area (TPSA) is 99.5 Å². The minimum Gasteiger partial charge on any atom is -0.348 e. The molecule has 1 aliphatic heterocycles. The molecular weight excluding hydrogens is 382 g/mol. The number of anilines is 1. The Bertz CT molecular complexity index is 993. The maximum atomic E-state index is 12.4. The van der Waals surface area contributed by atoms with Crippen LogP contribution in [0, 0.1) is 0 Å². The van der Waals surface area contributed by atoms with Crippen molar-refractivity contribution < 1.29 is 22.7 Å². The molecule has 8 nitrogen and oxygen atoms in total. The summed E-state index contributed by atoms with van der Waals surface area (Å²) in [5.41, 5.74) is 0.743. The van der Waals surface area contributed by atoms with Gasteiger partial charge in [0.15, 0.2) is 21.4 Å². The van der Waals surface area contributed by atoms with Crippen molar-refractivity contribution in [1.82, 2.24) is 9.78 Å². The minimum absolute atomic E-state index is 0.109. The van der Waals surface area contributed by atoms with Crippen LogP contribution >= 0.6 is 0 Å². The molecule has 150 valence electrons. The third-order valence-corrected chi connectivity index (χ3v) is 5.37. The van der Waals surface area contributed by atoms with E-state index in [2.05, 4.69) is 17.0 Å². The number of hydrogen-bond donors (Lipinski definition) is 1. The lowest BCUT2D eigenvalue weighted by atomic mass is 10.1. The van der Waals surface area contributed by atoms with Crippen LogP contribution in [0.1, 0.15) is 19.4 Å². The molecule has 0 unspecified atom stereocenters. The van der Waals surface area contributed by atoms with Crippen molar-refractivity contribution in [2.75, 3.05) is 18.2 Å². The molecule has 0 radical (unpaired) electrons. The van der Waals surface area contributed by atoms with Crippen LogP contribution in [0.25, 0.3) is 5.57 Å². The van der Waals surface area contributed by atoms with Gasteiger partial charge in [0.1, 0.15) is 6.10 Å². The lowest BCUT2D eigenvalue weighted by Crippen LogP contribution is -2.24. The van der Waals surface area contributed by atoms with Gasteiger partial charge in [-0.2, -0.15) is 5.10 Å². The van der Waals surface area contributed by atoms with Crippen LogP contribution in [0.2, 0.25) is 0 Å². The number of carbonyl (C=O) groups is 1. The fourth-order valence-corrected chi connectivity index (χ4v) is 3.45. The Balaban J connectivity index is 1.60. The number of rotatable bonds is 6. The Hall–Kier alpha value is -2.49. The van der Waals surface area contributed by atoms with Crippen molar-refractivity contribution in [3.8, 4) is 0 Å². The molecule has 0 spiro atoms. The van der Waals surface area contributed by atoms with Crippen molar-refractivity contribution in [2.45, 2.75) is 37.2 Å². The third kappa shape index (κ3) is 4.86. The second-order valence-corrected chi connectivity index (χ2v) is 9.12. The molecule has 1 saturated heterocycles. The van der Waals surface area contributed by atoms with Crippen molar-refractivity contribution in [2.24, 2.45) is 0 Å². The molecule has 1 aromatic heterocycles. The Labute approximate surface area is 164 Å². The van der Waals surface area contributed by atoms with Crippen molar-refractivity contribution in [3.63, 3.8) is 0 Å². The number of aromatic nitrogens is 2. The van der Waals surface area contributed by atoms with Gasteiger partial charge in [-0.15, -0.1) is 0 Å². The first-order chi connectivity index (χ1) is 13.0. The summed E-state index contributed by atoms with van der Waals surface area (Å²) in [6.07, 6.45) is 2.76. The van der Waals surface area contributed by atoms with Gasteiger partial charge in [0.2, 0.25) is 0 Å². The van der Waals surface area contributed by atoms with E-state index < -0.39 is 21.5 Å². The van der Waals surface area contributed by atoms with E-state index in [-0.39, 0.29) is 16.6 Å². The van der Waals surface area contributed by atoms with E-state index in [9.17, 15) is 13.2 Å². The van der Waals surface area contributed by atoms with Gasteiger partial charge in [0.25, 0.3) is 5.91 Å². The molecule has 28 heavy (non-hydrogen) atoms. The molecule has 2 heterocycles. The summed E-state index contributed by atoms with van der Waals surface area (Å²) in [7, 11) is -3.29. The number of ether oxygens (including phenoxy) is 2. The van der Waals surface area contributed by atoms with Gasteiger partial charge >= 0.3 is 0 Å². The lowest BCUT2D eigenvalue weighted by molar-refractivity contribution is -0.139. The highest BCUT2D eigenvalue weighted by Gasteiger charge is 2.32. The molecular formula is C19H23N3O5S. The lowest BCUT2D eigenvalue weighted by Gasteiger charge is -2.16. The standard InChI is InChI=1S/C19H23N3O5S/c1-13(14-5-7-16(8-6-14)28(4,24)25)18(23)20-17-9-10-22(21-17)11-15-12-26-19(2,3)27-15/h5-10,15H,1,11-12H2,2-4H3,(H,20,21,23)/t15-/m1/s1. The molecule has 1 amide bonds. The average molecular weight is 405 g/mol. The van der Waals surface area contributed by atoms with E-state index in [1.807, 2.05) is 13.8 Å². The van der Waals surface area contributed by atoms with Crippen LogP contribution in [0.3, 0.4) is 0 Å². The first kappa shape index (κ1) is 20.2. The number of hydrogen-bond acceptors (Lipinski definition) is 6. The molecule has 0 aliphatic carbocycles. The first-order valence-electron chi connectivity index (χ1n) is 8.69. The predicted octanol–water partition coefficient (Wildman–Crippen LogP) is 2.09. The van der Waals surface area contributed by atoms with E-state index in [0.717, 1.165) is 6.26 Å². The van der Waals surface area contributed by atoms with Crippen LogP contribution in [0.15, 0.2) is 48.0 Å². The van der Waals surface area contributed by atoms with Gasteiger partial charge in [-0.1, -0.05) is 18.7 Å². The van der Waals surface area contributed by atoms with Crippen molar-refractivity contribution in [3.05, 3.63) is 48.7 Å². The summed E-state index contributed by atoms with van der Waals surface area (Å²) < 4.78 is 36.0. The molecule has 1 atom stereocenters. The fourth-order valence-electron chi connectivity index (χ4n) is 2.82. The van der Waals surface area contributed by atoms with Gasteiger partial charge in [-0.25, -0.2) is 8.42 Å². The number of nitrogens with one attached hydrogen (secondary N) is 1. The minimum atomic E-state index is -3.29. The van der Waals surface area contributed by atoms with Crippen LogP contribution in [0.4, 0.5) is 5.82 Å². The second-order valence-electron chi connectivity index (χ2n) is 7.10. The van der Waals surface area contributed by atoms with Crippen LogP contribution in [0.5, 0.6) is 0 Å². The zero-order valence-electron chi connectivity index (χ0n) is 16.0. The molecule has 2 aromatic rings. The Morgan fingerprint density at radius 3 is 2.57 bits per heavy atom. The van der Waals surface area contributed by atoms with E-state index >= 15 is 0 Å². The van der Waals surface area contributed by atoms with Crippen LogP contribution in [-0.2, 0) is 30.7 Å². The highest BCUT2D eigenvalue weighted by atomic mass is 32.2. The van der Waals surface area contributed by atoms with E-state index in [1.54, 1.807) is 29.1 Å². The van der Waals surface area contributed by atoms with Gasteiger partial charge in [0.05, 0.1) is 18.0 Å². The quantitative estimate of drug-likeness (QED) is 0.739. The molecule has 0 bridgehead atoms. The summed E-state index contributed by atoms with van der Waals surface area (Å²) in [4.78, 5) is 12.6. The molecule has 1 aromatic carbocycles. The highest BCUT2D eigenvalue weighted by molar-refractivity contribution is 7.90. The zero-order chi connectivity index (χ0) is 20.5. The highest BCUT2D eigenvalue weighted by Crippen LogP contribution is 2.23. The number of benzene rings is 1. The van der Waals surface area contributed by atoms with Gasteiger partial charge < -0.3 is 14.8 Å². The number of amides is 1. The molecule has 0 saturated carbocycles. The van der Waals surface area contributed by atoms with Gasteiger partial charge in [0, 0.05) is 24.1 Å². The van der Waals surface area contributed by atoms with Gasteiger partial charge in [-0.3, -0.25) is 9.48 Å². The Morgan fingerprint density at radius 1 is 1.32 bits per heavy atom. The SMILES string of the molecule is C=C(C(=O)Nc1ccn(C[C@@H]2COC(C)(C)O2)n1)c1ccc(S(C)(=O)=O)cc1. The van der Waals surface area contributed by atoms with E-state index in [4.69, 9.17) is 9.47 Å². The molecule has 1 aliphatic rings. The Morgan fingerprint density at radius 2 is 2.00 bits per heavy atom. The Kier molecular flexibility index (Phi) is 5.42. The van der Waals surface area contributed by atoms with E-state index in [0.29, 0.717) is 24.5 Å². The normalized spacial score (nSPS) is 18.8. The number of carbonyl (C=O) groups excluding carboxylic acids is 1. The summed E-state index contributed by atoms with van der Waals surface area (Å²) in [5.74, 6) is -0.629.